The van der Waals surface area contributed by atoms with Crippen molar-refractivity contribution in [1.82, 2.24) is 4.90 Å². The van der Waals surface area contributed by atoms with Crippen LogP contribution in [0, 0.1) is 0 Å². The van der Waals surface area contributed by atoms with Crippen molar-refractivity contribution in [2.75, 3.05) is 25.0 Å². The van der Waals surface area contributed by atoms with Crippen LogP contribution in [-0.4, -0.2) is 31.1 Å². The van der Waals surface area contributed by atoms with Crippen molar-refractivity contribution in [2.45, 2.75) is 31.3 Å². The van der Waals surface area contributed by atoms with E-state index >= 15 is 0 Å². The van der Waals surface area contributed by atoms with Crippen molar-refractivity contribution < 1.29 is 0 Å². The number of hydrogen-bond donors (Lipinski definition) is 0. The molecule has 2 aromatic carbocycles. The molecule has 5 rings (SSSR count). The molecule has 112 valence electrons. The second-order valence-corrected chi connectivity index (χ2v) is 7.14. The molecule has 0 bridgehead atoms. The summed E-state index contributed by atoms with van der Waals surface area (Å²) in [7, 11) is 2.28. The van der Waals surface area contributed by atoms with Crippen LogP contribution >= 0.6 is 0 Å². The molecule has 1 saturated heterocycles. The van der Waals surface area contributed by atoms with Gasteiger partial charge >= 0.3 is 0 Å². The van der Waals surface area contributed by atoms with Crippen molar-refractivity contribution in [3.63, 3.8) is 0 Å². The van der Waals surface area contributed by atoms with E-state index in [1.807, 2.05) is 0 Å². The Labute approximate surface area is 132 Å². The number of rotatable bonds is 0. The highest BCUT2D eigenvalue weighted by molar-refractivity contribution is 5.67. The van der Waals surface area contributed by atoms with E-state index in [-0.39, 0.29) is 0 Å². The van der Waals surface area contributed by atoms with Gasteiger partial charge in [0.25, 0.3) is 0 Å². The van der Waals surface area contributed by atoms with Gasteiger partial charge in [0.1, 0.15) is 0 Å². The van der Waals surface area contributed by atoms with Gasteiger partial charge in [-0.1, -0.05) is 42.5 Å². The fraction of sp³-hybridized carbons (Fsp3) is 0.400. The number of para-hydroxylation sites is 1. The van der Waals surface area contributed by atoms with Gasteiger partial charge in [0.2, 0.25) is 0 Å². The maximum absolute atomic E-state index is 2.78. The molecule has 22 heavy (non-hydrogen) atoms. The molecular formula is C20H22N2. The first-order valence-corrected chi connectivity index (χ1v) is 8.47. The summed E-state index contributed by atoms with van der Waals surface area (Å²) in [5.41, 5.74) is 7.72. The third-order valence-electron chi connectivity index (χ3n) is 5.74. The Morgan fingerprint density at radius 2 is 1.73 bits per heavy atom. The van der Waals surface area contributed by atoms with Gasteiger partial charge in [0, 0.05) is 24.8 Å². The lowest BCUT2D eigenvalue weighted by atomic mass is 9.89. The van der Waals surface area contributed by atoms with Gasteiger partial charge in [-0.3, -0.25) is 0 Å². The quantitative estimate of drug-likeness (QED) is 0.734. The van der Waals surface area contributed by atoms with Crippen LogP contribution in [-0.2, 0) is 12.8 Å². The Kier molecular flexibility index (Phi) is 2.66. The molecule has 2 atom stereocenters. The average Bonchev–Trinajstić information content (AvgIpc) is 2.68. The van der Waals surface area contributed by atoms with Crippen molar-refractivity contribution in [3.05, 3.63) is 64.7 Å². The summed E-state index contributed by atoms with van der Waals surface area (Å²) in [5, 5.41) is 0. The zero-order chi connectivity index (χ0) is 14.7. The van der Waals surface area contributed by atoms with Gasteiger partial charge < -0.3 is 9.80 Å². The first-order chi connectivity index (χ1) is 10.8. The summed E-state index contributed by atoms with van der Waals surface area (Å²) in [6.07, 6.45) is 3.61. The van der Waals surface area contributed by atoms with Crippen LogP contribution in [0.3, 0.4) is 0 Å². The zero-order valence-corrected chi connectivity index (χ0v) is 13.1. The number of aryl methyl sites for hydroxylation is 1. The number of benzene rings is 2. The largest absolute Gasteiger partial charge is 0.358 e. The minimum absolute atomic E-state index is 0.516. The van der Waals surface area contributed by atoms with E-state index in [4.69, 9.17) is 0 Å². The Morgan fingerprint density at radius 1 is 0.909 bits per heavy atom. The molecule has 0 aliphatic carbocycles. The molecule has 0 spiro atoms. The SMILES string of the molecule is CN1CC2CCc3cccc4c3N2C(C1)c1ccccc1C4. The smallest absolute Gasteiger partial charge is 0.0676 e. The predicted molar refractivity (Wildman–Crippen MR) is 90.5 cm³/mol. The Bertz CT molecular complexity index is 736. The van der Waals surface area contributed by atoms with Crippen LogP contribution in [0.15, 0.2) is 42.5 Å². The van der Waals surface area contributed by atoms with Crippen LogP contribution in [0.1, 0.15) is 34.7 Å². The Hall–Kier alpha value is -1.80. The van der Waals surface area contributed by atoms with Crippen LogP contribution in [0.2, 0.25) is 0 Å². The molecule has 0 radical (unpaired) electrons. The van der Waals surface area contributed by atoms with Gasteiger partial charge in [0.05, 0.1) is 6.04 Å². The average molecular weight is 290 g/mol. The lowest BCUT2D eigenvalue weighted by Gasteiger charge is -2.50. The number of fused-ring (bicyclic) bond motifs is 2. The first kappa shape index (κ1) is 12.7. The molecule has 3 aliphatic rings. The summed E-state index contributed by atoms with van der Waals surface area (Å²) in [6, 6.07) is 17.2. The van der Waals surface area contributed by atoms with Crippen molar-refractivity contribution in [2.24, 2.45) is 0 Å². The Morgan fingerprint density at radius 3 is 2.68 bits per heavy atom. The van der Waals surface area contributed by atoms with E-state index in [9.17, 15) is 0 Å². The highest BCUT2D eigenvalue weighted by Gasteiger charge is 2.40. The molecule has 3 heterocycles. The van der Waals surface area contributed by atoms with Crippen LogP contribution < -0.4 is 4.90 Å². The van der Waals surface area contributed by atoms with Gasteiger partial charge in [-0.25, -0.2) is 0 Å². The maximum Gasteiger partial charge on any atom is 0.0676 e. The number of anilines is 1. The van der Waals surface area contributed by atoms with Crippen molar-refractivity contribution in [1.29, 1.82) is 0 Å². The molecular weight excluding hydrogens is 268 g/mol. The molecule has 0 aromatic heterocycles. The monoisotopic (exact) mass is 290 g/mol. The molecule has 2 unspecified atom stereocenters. The Balaban J connectivity index is 1.78. The molecule has 0 N–H and O–H groups in total. The minimum atomic E-state index is 0.516. The first-order valence-electron chi connectivity index (χ1n) is 8.47. The molecule has 1 fully saturated rings. The summed E-state index contributed by atoms with van der Waals surface area (Å²) in [5.74, 6) is 0. The van der Waals surface area contributed by atoms with Gasteiger partial charge in [-0.15, -0.1) is 0 Å². The number of nitrogens with zero attached hydrogens (tertiary/aromatic N) is 2. The van der Waals surface area contributed by atoms with E-state index in [0.717, 1.165) is 13.0 Å². The topological polar surface area (TPSA) is 6.48 Å². The van der Waals surface area contributed by atoms with E-state index in [1.165, 1.54) is 30.5 Å². The van der Waals surface area contributed by atoms with E-state index in [0.29, 0.717) is 12.1 Å². The predicted octanol–water partition coefficient (Wildman–Crippen LogP) is 3.40. The number of likely N-dealkylation sites (N-methyl/N-ethyl adjacent to an activating group) is 1. The summed E-state index contributed by atoms with van der Waals surface area (Å²) in [6.45, 7) is 2.34. The molecule has 2 nitrogen and oxygen atoms in total. The van der Waals surface area contributed by atoms with Gasteiger partial charge in [0.15, 0.2) is 0 Å². The van der Waals surface area contributed by atoms with Crippen molar-refractivity contribution in [3.8, 4) is 0 Å². The van der Waals surface area contributed by atoms with E-state index < -0.39 is 0 Å². The van der Waals surface area contributed by atoms with E-state index in [2.05, 4.69) is 59.3 Å². The lowest BCUT2D eigenvalue weighted by Crippen LogP contribution is -2.55. The minimum Gasteiger partial charge on any atom is -0.358 e. The molecule has 3 aliphatic heterocycles. The number of piperazine rings is 1. The lowest BCUT2D eigenvalue weighted by molar-refractivity contribution is 0.216. The highest BCUT2D eigenvalue weighted by atomic mass is 15.3. The normalized spacial score (nSPS) is 26.1. The van der Waals surface area contributed by atoms with Crippen LogP contribution in [0.5, 0.6) is 0 Å². The third kappa shape index (κ3) is 1.70. The van der Waals surface area contributed by atoms with E-state index in [1.54, 1.807) is 16.8 Å². The number of hydrogen-bond acceptors (Lipinski definition) is 2. The molecule has 2 aromatic rings. The summed E-state index contributed by atoms with van der Waals surface area (Å²) >= 11 is 0. The fourth-order valence-electron chi connectivity index (χ4n) is 4.85. The maximum atomic E-state index is 2.78. The highest BCUT2D eigenvalue weighted by Crippen LogP contribution is 2.45. The zero-order valence-electron chi connectivity index (χ0n) is 13.1. The summed E-state index contributed by atoms with van der Waals surface area (Å²) in [4.78, 5) is 5.31. The third-order valence-corrected chi connectivity index (χ3v) is 5.74. The molecule has 0 amide bonds. The fourth-order valence-corrected chi connectivity index (χ4v) is 4.85. The molecule has 0 saturated carbocycles. The summed E-state index contributed by atoms with van der Waals surface area (Å²) < 4.78 is 0. The molecule has 2 heteroatoms. The second-order valence-electron chi connectivity index (χ2n) is 7.14. The second kappa shape index (κ2) is 4.60. The van der Waals surface area contributed by atoms with Crippen LogP contribution in [0.25, 0.3) is 0 Å². The van der Waals surface area contributed by atoms with Crippen molar-refractivity contribution >= 4 is 5.69 Å². The van der Waals surface area contributed by atoms with Gasteiger partial charge in [-0.2, -0.15) is 0 Å². The standard InChI is InChI=1S/C20H22N2/c1-21-12-17-10-9-14-6-4-7-16-11-15-5-2-3-8-18(15)19(13-21)22(17)20(14)16/h2-8,17,19H,9-13H2,1H3. The van der Waals surface area contributed by atoms with Gasteiger partial charge in [-0.05, 0) is 48.6 Å². The van der Waals surface area contributed by atoms with Crippen LogP contribution in [0.4, 0.5) is 5.69 Å².